The first kappa shape index (κ1) is 18.6. The zero-order chi connectivity index (χ0) is 20.0. The summed E-state index contributed by atoms with van der Waals surface area (Å²) < 4.78 is 17.9. The molecular weight excluding hydrogens is 364 g/mol. The molecule has 0 spiro atoms. The smallest absolute Gasteiger partial charge is 0.231 e. The first-order chi connectivity index (χ1) is 14.1. The van der Waals surface area contributed by atoms with Crippen molar-refractivity contribution < 1.29 is 14.2 Å². The van der Waals surface area contributed by atoms with Gasteiger partial charge in [0.15, 0.2) is 17.2 Å². The van der Waals surface area contributed by atoms with Crippen molar-refractivity contribution in [3.05, 3.63) is 47.5 Å². The van der Waals surface area contributed by atoms with Crippen LogP contribution in [-0.4, -0.2) is 44.1 Å². The van der Waals surface area contributed by atoms with Crippen molar-refractivity contribution in [3.63, 3.8) is 0 Å². The average Bonchev–Trinajstić information content (AvgIpc) is 3.43. The average molecular weight is 395 g/mol. The second-order valence-electron chi connectivity index (χ2n) is 8.58. The zero-order valence-electron chi connectivity index (χ0n) is 17.6. The Kier molecular flexibility index (Phi) is 4.58. The molecule has 0 radical (unpaired) electrons. The van der Waals surface area contributed by atoms with Gasteiger partial charge in [-0.05, 0) is 50.5 Å². The van der Waals surface area contributed by atoms with E-state index in [-0.39, 0.29) is 18.4 Å². The van der Waals surface area contributed by atoms with Crippen molar-refractivity contribution in [2.45, 2.75) is 44.8 Å². The molecule has 2 atom stereocenters. The van der Waals surface area contributed by atoms with Crippen molar-refractivity contribution in [2.24, 2.45) is 0 Å². The maximum absolute atomic E-state index is 6.64. The third-order valence-corrected chi connectivity index (χ3v) is 6.78. The van der Waals surface area contributed by atoms with Crippen LogP contribution in [-0.2, 0) is 0 Å². The van der Waals surface area contributed by atoms with E-state index in [9.17, 15) is 0 Å². The van der Waals surface area contributed by atoms with Crippen LogP contribution in [0, 0.1) is 0 Å². The van der Waals surface area contributed by atoms with E-state index < -0.39 is 0 Å². The molecule has 3 heterocycles. The van der Waals surface area contributed by atoms with Gasteiger partial charge in [0.2, 0.25) is 6.79 Å². The van der Waals surface area contributed by atoms with Crippen molar-refractivity contribution in [3.8, 4) is 17.2 Å². The highest BCUT2D eigenvalue weighted by molar-refractivity contribution is 5.57. The minimum atomic E-state index is -0.305. The Morgan fingerprint density at radius 1 is 1.03 bits per heavy atom. The third-order valence-electron chi connectivity index (χ3n) is 6.78. The molecule has 0 saturated carbocycles. The fourth-order valence-corrected chi connectivity index (χ4v) is 4.89. The van der Waals surface area contributed by atoms with Crippen LogP contribution in [0.15, 0.2) is 36.4 Å². The number of rotatable bonds is 4. The number of ether oxygens (including phenoxy) is 3. The Morgan fingerprint density at radius 2 is 1.72 bits per heavy atom. The molecule has 0 amide bonds. The molecule has 2 aromatic rings. The first-order valence-corrected chi connectivity index (χ1v) is 10.8. The molecular formula is C24H30N2O3. The summed E-state index contributed by atoms with van der Waals surface area (Å²) in [5.74, 6) is 2.80. The number of hydrogen-bond acceptors (Lipinski definition) is 5. The lowest BCUT2D eigenvalue weighted by Gasteiger charge is -2.45. The molecule has 1 saturated heterocycles. The molecule has 0 bridgehead atoms. The molecule has 5 nitrogen and oxygen atoms in total. The third kappa shape index (κ3) is 3.21. The van der Waals surface area contributed by atoms with Crippen molar-refractivity contribution in [2.75, 3.05) is 38.4 Å². The van der Waals surface area contributed by atoms with E-state index in [4.69, 9.17) is 14.2 Å². The zero-order valence-corrected chi connectivity index (χ0v) is 17.6. The second-order valence-corrected chi connectivity index (χ2v) is 8.58. The number of nitrogens with zero attached hydrogens (tertiary/aromatic N) is 2. The SMILES string of the molecule is CCN(C)c1ccc(C2CC(C)(N3CCCC3)Oc3cc4c(cc32)OCO4)cc1. The molecule has 0 aliphatic carbocycles. The van der Waals surface area contributed by atoms with Gasteiger partial charge in [0.25, 0.3) is 0 Å². The lowest BCUT2D eigenvalue weighted by molar-refractivity contribution is -0.0768. The topological polar surface area (TPSA) is 34.2 Å². The number of hydrogen-bond donors (Lipinski definition) is 0. The van der Waals surface area contributed by atoms with E-state index in [1.54, 1.807) is 0 Å². The van der Waals surface area contributed by atoms with Crippen molar-refractivity contribution >= 4 is 5.69 Å². The summed E-state index contributed by atoms with van der Waals surface area (Å²) in [5, 5.41) is 0. The summed E-state index contributed by atoms with van der Waals surface area (Å²) in [6.07, 6.45) is 3.42. The number of benzene rings is 2. The summed E-state index contributed by atoms with van der Waals surface area (Å²) in [7, 11) is 2.13. The molecule has 5 rings (SSSR count). The molecule has 154 valence electrons. The fourth-order valence-electron chi connectivity index (χ4n) is 4.89. The molecule has 5 heteroatoms. The van der Waals surface area contributed by atoms with Crippen LogP contribution in [0.25, 0.3) is 0 Å². The maximum atomic E-state index is 6.64. The highest BCUT2D eigenvalue weighted by atomic mass is 16.7. The molecule has 2 unspecified atom stereocenters. The van der Waals surface area contributed by atoms with E-state index in [1.807, 2.05) is 6.07 Å². The first-order valence-electron chi connectivity index (χ1n) is 10.8. The van der Waals surface area contributed by atoms with Crippen LogP contribution in [0.3, 0.4) is 0 Å². The summed E-state index contributed by atoms with van der Waals surface area (Å²) in [4.78, 5) is 4.76. The minimum Gasteiger partial charge on any atom is -0.472 e. The molecule has 3 aliphatic heterocycles. The van der Waals surface area contributed by atoms with Gasteiger partial charge in [0.1, 0.15) is 5.75 Å². The quantitative estimate of drug-likeness (QED) is 0.757. The molecule has 29 heavy (non-hydrogen) atoms. The van der Waals surface area contributed by atoms with Crippen LogP contribution in [0.2, 0.25) is 0 Å². The van der Waals surface area contributed by atoms with Crippen LogP contribution in [0.5, 0.6) is 17.2 Å². The fraction of sp³-hybridized carbons (Fsp3) is 0.500. The lowest BCUT2D eigenvalue weighted by atomic mass is 9.81. The summed E-state index contributed by atoms with van der Waals surface area (Å²) in [5.41, 5.74) is 3.46. The molecule has 2 aromatic carbocycles. The second kappa shape index (κ2) is 7.13. The Bertz CT molecular complexity index is 892. The van der Waals surface area contributed by atoms with Gasteiger partial charge < -0.3 is 19.1 Å². The summed E-state index contributed by atoms with van der Waals surface area (Å²) >= 11 is 0. The van der Waals surface area contributed by atoms with E-state index in [1.165, 1.54) is 29.7 Å². The van der Waals surface area contributed by atoms with E-state index in [0.717, 1.165) is 43.3 Å². The Labute approximate surface area is 173 Å². The standard InChI is InChI=1S/C24H30N2O3/c1-4-25(3)18-9-7-17(8-10-18)20-15-24(2,26-11-5-6-12-26)29-21-14-23-22(13-19(20)21)27-16-28-23/h7-10,13-14,20H,4-6,11-12,15-16H2,1-3H3. The molecule has 0 N–H and O–H groups in total. The van der Waals surface area contributed by atoms with E-state index >= 15 is 0 Å². The minimum absolute atomic E-state index is 0.264. The number of anilines is 1. The van der Waals surface area contributed by atoms with Crippen LogP contribution in [0.4, 0.5) is 5.69 Å². The maximum Gasteiger partial charge on any atom is 0.231 e. The Balaban J connectivity index is 1.56. The summed E-state index contributed by atoms with van der Waals surface area (Å²) in [6, 6.07) is 13.2. The van der Waals surface area contributed by atoms with Crippen LogP contribution >= 0.6 is 0 Å². The molecule has 0 aromatic heterocycles. The Hall–Kier alpha value is -2.40. The number of likely N-dealkylation sites (tertiary alicyclic amines) is 1. The van der Waals surface area contributed by atoms with Crippen LogP contribution < -0.4 is 19.1 Å². The van der Waals surface area contributed by atoms with E-state index in [2.05, 4.69) is 61.0 Å². The van der Waals surface area contributed by atoms with Gasteiger partial charge in [-0.3, -0.25) is 4.90 Å². The monoisotopic (exact) mass is 394 g/mol. The predicted molar refractivity (Wildman–Crippen MR) is 114 cm³/mol. The van der Waals surface area contributed by atoms with Crippen molar-refractivity contribution in [1.82, 2.24) is 4.90 Å². The van der Waals surface area contributed by atoms with Gasteiger partial charge in [-0.25, -0.2) is 0 Å². The molecule has 1 fully saturated rings. The van der Waals surface area contributed by atoms with Gasteiger partial charge >= 0.3 is 0 Å². The lowest BCUT2D eigenvalue weighted by Crippen LogP contribution is -2.52. The van der Waals surface area contributed by atoms with Gasteiger partial charge in [0.05, 0.1) is 0 Å². The highest BCUT2D eigenvalue weighted by Gasteiger charge is 2.44. The van der Waals surface area contributed by atoms with Crippen LogP contribution in [0.1, 0.15) is 50.2 Å². The van der Waals surface area contributed by atoms with Gasteiger partial charge in [0, 0.05) is 56.3 Å². The summed E-state index contributed by atoms with van der Waals surface area (Å²) in [6.45, 7) is 7.90. The van der Waals surface area contributed by atoms with Gasteiger partial charge in [-0.15, -0.1) is 0 Å². The number of fused-ring (bicyclic) bond motifs is 2. The predicted octanol–water partition coefficient (Wildman–Crippen LogP) is 4.60. The highest BCUT2D eigenvalue weighted by Crippen LogP contribution is 2.50. The normalized spacial score (nSPS) is 25.6. The van der Waals surface area contributed by atoms with Gasteiger partial charge in [-0.1, -0.05) is 12.1 Å². The van der Waals surface area contributed by atoms with Crippen molar-refractivity contribution in [1.29, 1.82) is 0 Å². The van der Waals surface area contributed by atoms with E-state index in [0.29, 0.717) is 0 Å². The Morgan fingerprint density at radius 3 is 2.41 bits per heavy atom. The molecule has 3 aliphatic rings. The van der Waals surface area contributed by atoms with Gasteiger partial charge in [-0.2, -0.15) is 0 Å². The largest absolute Gasteiger partial charge is 0.472 e.